The molecule has 5 nitrogen and oxygen atoms in total. The van der Waals surface area contributed by atoms with Crippen LogP contribution in [0.1, 0.15) is 27.4 Å². The summed E-state index contributed by atoms with van der Waals surface area (Å²) in [4.78, 5) is 15.9. The van der Waals surface area contributed by atoms with Crippen LogP contribution in [0.4, 0.5) is 0 Å². The Bertz CT molecular complexity index is 886. The molecule has 112 valence electrons. The van der Waals surface area contributed by atoms with Crippen molar-refractivity contribution in [1.29, 1.82) is 0 Å². The molecular weight excluding hydrogens is 302 g/mol. The summed E-state index contributed by atoms with van der Waals surface area (Å²) < 4.78 is 1.72. The monoisotopic (exact) mass is 314 g/mol. The van der Waals surface area contributed by atoms with Gasteiger partial charge in [0.25, 0.3) is 0 Å². The van der Waals surface area contributed by atoms with Crippen LogP contribution in [-0.2, 0) is 6.54 Å². The number of pyridine rings is 1. The predicted molar refractivity (Wildman–Crippen MR) is 81.9 cm³/mol. The molecule has 22 heavy (non-hydrogen) atoms. The molecule has 0 spiro atoms. The van der Waals surface area contributed by atoms with Crippen LogP contribution in [0, 0.1) is 13.8 Å². The minimum absolute atomic E-state index is 0.133. The van der Waals surface area contributed by atoms with Crippen molar-refractivity contribution in [2.45, 2.75) is 20.4 Å². The number of carbonyl (C=O) groups is 1. The molecule has 6 heteroatoms. The Balaban J connectivity index is 2.11. The number of hydrogen-bond donors (Lipinski definition) is 0. The lowest BCUT2D eigenvalue weighted by Gasteiger charge is -2.11. The van der Waals surface area contributed by atoms with Gasteiger partial charge in [-0.3, -0.25) is 9.67 Å². The highest BCUT2D eigenvalue weighted by atomic mass is 35.5. The van der Waals surface area contributed by atoms with Gasteiger partial charge in [-0.25, -0.2) is 0 Å². The number of carboxylic acids is 1. The van der Waals surface area contributed by atoms with Gasteiger partial charge in [0.1, 0.15) is 0 Å². The Hall–Kier alpha value is -2.40. The van der Waals surface area contributed by atoms with Gasteiger partial charge in [0, 0.05) is 10.9 Å². The van der Waals surface area contributed by atoms with Gasteiger partial charge < -0.3 is 9.90 Å². The van der Waals surface area contributed by atoms with Gasteiger partial charge in [-0.15, -0.1) is 0 Å². The molecule has 0 atom stereocenters. The van der Waals surface area contributed by atoms with E-state index >= 15 is 0 Å². The van der Waals surface area contributed by atoms with Crippen LogP contribution >= 0.6 is 11.6 Å². The third-order valence-electron chi connectivity index (χ3n) is 3.59. The zero-order valence-electron chi connectivity index (χ0n) is 12.1. The van der Waals surface area contributed by atoms with E-state index < -0.39 is 5.97 Å². The summed E-state index contributed by atoms with van der Waals surface area (Å²) in [5.41, 5.74) is 2.91. The van der Waals surface area contributed by atoms with Crippen molar-refractivity contribution in [2.75, 3.05) is 0 Å². The van der Waals surface area contributed by atoms with Crippen LogP contribution in [-0.4, -0.2) is 20.7 Å². The first-order valence-electron chi connectivity index (χ1n) is 6.77. The molecule has 2 heterocycles. The highest BCUT2D eigenvalue weighted by molar-refractivity contribution is 6.31. The second kappa shape index (κ2) is 5.42. The van der Waals surface area contributed by atoms with Gasteiger partial charge >= 0.3 is 0 Å². The Kier molecular flexibility index (Phi) is 3.58. The van der Waals surface area contributed by atoms with Gasteiger partial charge in [-0.05, 0) is 26.0 Å². The van der Waals surface area contributed by atoms with Crippen molar-refractivity contribution in [3.63, 3.8) is 0 Å². The van der Waals surface area contributed by atoms with E-state index in [0.717, 1.165) is 11.4 Å². The van der Waals surface area contributed by atoms with E-state index in [4.69, 9.17) is 11.6 Å². The van der Waals surface area contributed by atoms with Crippen molar-refractivity contribution >= 4 is 28.5 Å². The van der Waals surface area contributed by atoms with Gasteiger partial charge in [0.15, 0.2) is 0 Å². The number of para-hydroxylation sites is 1. The van der Waals surface area contributed by atoms with Gasteiger partial charge in [0.05, 0.1) is 40.1 Å². The first kappa shape index (κ1) is 14.5. The fraction of sp³-hybridized carbons (Fsp3) is 0.188. The summed E-state index contributed by atoms with van der Waals surface area (Å²) in [5, 5.41) is 16.9. The minimum atomic E-state index is -1.22. The maximum atomic E-state index is 11.4. The number of aryl methyl sites for hydroxylation is 1. The highest BCUT2D eigenvalue weighted by Gasteiger charge is 2.12. The standard InChI is InChI=1S/C16H14ClN3O2/c1-9-15(17)10(2)20(19-9)8-11-7-13(16(21)22)12-5-3-4-6-14(12)18-11/h3-7H,8H2,1-2H3,(H,21,22)/p-1. The number of aromatic carboxylic acids is 1. The summed E-state index contributed by atoms with van der Waals surface area (Å²) in [6.45, 7) is 4.04. The quantitative estimate of drug-likeness (QED) is 0.742. The molecule has 0 N–H and O–H groups in total. The van der Waals surface area contributed by atoms with Crippen LogP contribution in [0.5, 0.6) is 0 Å². The molecule has 2 aromatic heterocycles. The Morgan fingerprint density at radius 2 is 2.05 bits per heavy atom. The van der Waals surface area contributed by atoms with Crippen molar-refractivity contribution in [2.24, 2.45) is 0 Å². The first-order valence-corrected chi connectivity index (χ1v) is 7.14. The maximum Gasteiger partial charge on any atom is 0.0844 e. The summed E-state index contributed by atoms with van der Waals surface area (Å²) in [7, 11) is 0. The molecule has 0 aliphatic heterocycles. The van der Waals surface area contributed by atoms with Crippen LogP contribution in [0.2, 0.25) is 5.02 Å². The number of fused-ring (bicyclic) bond motifs is 1. The third-order valence-corrected chi connectivity index (χ3v) is 4.14. The summed E-state index contributed by atoms with van der Waals surface area (Å²) >= 11 is 6.13. The molecule has 1 aromatic carbocycles. The topological polar surface area (TPSA) is 70.8 Å². The molecule has 3 aromatic rings. The van der Waals surface area contributed by atoms with E-state index in [2.05, 4.69) is 10.1 Å². The molecule has 0 radical (unpaired) electrons. The van der Waals surface area contributed by atoms with Gasteiger partial charge in [-0.1, -0.05) is 29.8 Å². The summed E-state index contributed by atoms with van der Waals surface area (Å²) in [5.74, 6) is -1.22. The number of benzene rings is 1. The lowest BCUT2D eigenvalue weighted by Crippen LogP contribution is -2.23. The number of aromatic nitrogens is 3. The third kappa shape index (κ3) is 2.44. The first-order chi connectivity index (χ1) is 10.5. The Morgan fingerprint density at radius 1 is 1.32 bits per heavy atom. The van der Waals surface area contributed by atoms with Crippen LogP contribution in [0.25, 0.3) is 10.9 Å². The molecule has 3 rings (SSSR count). The van der Waals surface area contributed by atoms with Gasteiger partial charge in [0.2, 0.25) is 0 Å². The second-order valence-corrected chi connectivity index (χ2v) is 5.49. The maximum absolute atomic E-state index is 11.4. The zero-order valence-corrected chi connectivity index (χ0v) is 12.9. The lowest BCUT2D eigenvalue weighted by molar-refractivity contribution is -0.254. The Morgan fingerprint density at radius 3 is 2.68 bits per heavy atom. The van der Waals surface area contributed by atoms with Crippen LogP contribution in [0.15, 0.2) is 30.3 Å². The summed E-state index contributed by atoms with van der Waals surface area (Å²) in [6.07, 6.45) is 0. The molecule has 0 saturated heterocycles. The number of hydrogen-bond acceptors (Lipinski definition) is 4. The van der Waals surface area contributed by atoms with Gasteiger partial charge in [-0.2, -0.15) is 5.10 Å². The molecule has 0 bridgehead atoms. The van der Waals surface area contributed by atoms with Crippen LogP contribution < -0.4 is 5.11 Å². The zero-order chi connectivity index (χ0) is 15.9. The number of nitrogens with zero attached hydrogens (tertiary/aromatic N) is 3. The number of carbonyl (C=O) groups excluding carboxylic acids is 1. The highest BCUT2D eigenvalue weighted by Crippen LogP contribution is 2.22. The lowest BCUT2D eigenvalue weighted by atomic mass is 10.1. The molecule has 0 saturated carbocycles. The van der Waals surface area contributed by atoms with Crippen molar-refractivity contribution in [1.82, 2.24) is 14.8 Å². The summed E-state index contributed by atoms with van der Waals surface area (Å²) in [6, 6.07) is 8.62. The second-order valence-electron chi connectivity index (χ2n) is 5.11. The fourth-order valence-electron chi connectivity index (χ4n) is 2.46. The van der Waals surface area contributed by atoms with Crippen LogP contribution in [0.3, 0.4) is 0 Å². The fourth-order valence-corrected chi connectivity index (χ4v) is 2.60. The molecular formula is C16H13ClN3O2-. The average molecular weight is 315 g/mol. The van der Waals surface area contributed by atoms with Crippen molar-refractivity contribution < 1.29 is 9.90 Å². The number of carboxylic acid groups (broad SMARTS) is 1. The molecule has 0 unspecified atom stereocenters. The number of rotatable bonds is 3. The normalized spacial score (nSPS) is 11.0. The SMILES string of the molecule is Cc1nn(Cc2cc(C(=O)[O-])c3ccccc3n2)c(C)c1Cl. The van der Waals surface area contributed by atoms with Crippen molar-refractivity contribution in [3.8, 4) is 0 Å². The minimum Gasteiger partial charge on any atom is -0.545 e. The average Bonchev–Trinajstić information content (AvgIpc) is 2.73. The van der Waals surface area contributed by atoms with E-state index in [1.54, 1.807) is 22.9 Å². The predicted octanol–water partition coefficient (Wildman–Crippen LogP) is 2.11. The molecule has 0 amide bonds. The van der Waals surface area contributed by atoms with E-state index in [1.807, 2.05) is 19.9 Å². The molecule has 0 aliphatic rings. The van der Waals surface area contributed by atoms with Crippen molar-refractivity contribution in [3.05, 3.63) is 58.0 Å². The largest absolute Gasteiger partial charge is 0.545 e. The number of halogens is 1. The molecule has 0 aliphatic carbocycles. The van der Waals surface area contributed by atoms with E-state index in [0.29, 0.717) is 28.2 Å². The van der Waals surface area contributed by atoms with E-state index in [1.165, 1.54) is 6.07 Å². The van der Waals surface area contributed by atoms with E-state index in [9.17, 15) is 9.90 Å². The molecule has 0 fully saturated rings. The Labute approximate surface area is 132 Å². The van der Waals surface area contributed by atoms with E-state index in [-0.39, 0.29) is 5.56 Å². The smallest absolute Gasteiger partial charge is 0.0844 e.